The number of ether oxygens (including phenoxy) is 3. The van der Waals surface area contributed by atoms with Gasteiger partial charge in [-0.3, -0.25) is 19.1 Å². The Kier molecular flexibility index (Phi) is 10.3. The predicted molar refractivity (Wildman–Crippen MR) is 200 cm³/mol. The summed E-state index contributed by atoms with van der Waals surface area (Å²) in [7, 11) is -2.24. The van der Waals surface area contributed by atoms with E-state index in [0.29, 0.717) is 55.0 Å². The third-order valence-electron chi connectivity index (χ3n) is 10.6. The number of benzene rings is 1. The fourth-order valence-electron chi connectivity index (χ4n) is 7.18. The van der Waals surface area contributed by atoms with Gasteiger partial charge in [-0.15, -0.1) is 11.3 Å². The van der Waals surface area contributed by atoms with E-state index >= 15 is 0 Å². The Morgan fingerprint density at radius 2 is 1.98 bits per heavy atom. The van der Waals surface area contributed by atoms with Gasteiger partial charge in [0, 0.05) is 41.3 Å². The molecule has 3 amide bonds. The van der Waals surface area contributed by atoms with Crippen molar-refractivity contribution in [1.82, 2.24) is 24.9 Å². The molecule has 2 aliphatic heterocycles. The van der Waals surface area contributed by atoms with Crippen LogP contribution in [0.2, 0.25) is 0 Å². The Balaban J connectivity index is 1.21. The average molecular weight is 766 g/mol. The second kappa shape index (κ2) is 14.6. The van der Waals surface area contributed by atoms with E-state index in [4.69, 9.17) is 24.2 Å². The van der Waals surface area contributed by atoms with E-state index in [1.54, 1.807) is 14.0 Å². The molecule has 0 spiro atoms. The van der Waals surface area contributed by atoms with E-state index in [-0.39, 0.29) is 37.8 Å². The second-order valence-corrected chi connectivity index (χ2v) is 17.8. The van der Waals surface area contributed by atoms with Gasteiger partial charge in [-0.2, -0.15) is 0 Å². The minimum atomic E-state index is -3.85. The van der Waals surface area contributed by atoms with Crippen molar-refractivity contribution in [3.05, 3.63) is 47.0 Å². The molecule has 3 aromatic rings. The summed E-state index contributed by atoms with van der Waals surface area (Å²) in [5.74, 6) is -1.03. The highest BCUT2D eigenvalue weighted by atomic mass is 32.2. The van der Waals surface area contributed by atoms with Gasteiger partial charge in [0.2, 0.25) is 21.8 Å². The molecule has 0 bridgehead atoms. The quantitative estimate of drug-likeness (QED) is 0.309. The summed E-state index contributed by atoms with van der Waals surface area (Å²) in [5, 5.41) is 5.84. The van der Waals surface area contributed by atoms with Crippen molar-refractivity contribution in [2.24, 2.45) is 11.8 Å². The van der Waals surface area contributed by atoms with Crippen LogP contribution in [0, 0.1) is 18.8 Å². The Labute approximate surface area is 313 Å². The number of fused-ring (bicyclic) bond motifs is 3. The zero-order valence-corrected chi connectivity index (χ0v) is 32.3. The number of allylic oxidation sites excluding steroid dienone is 1. The number of sulfonamides is 1. The normalized spacial score (nSPS) is 26.7. The van der Waals surface area contributed by atoms with Crippen molar-refractivity contribution < 1.29 is 37.0 Å². The molecular weight excluding hydrogens is 719 g/mol. The number of methoxy groups -OCH3 is 1. The number of amides is 3. The Morgan fingerprint density at radius 3 is 2.70 bits per heavy atom. The van der Waals surface area contributed by atoms with Crippen molar-refractivity contribution in [3.63, 3.8) is 0 Å². The number of aromatic nitrogens is 2. The highest BCUT2D eigenvalue weighted by Gasteiger charge is 2.62. The maximum absolute atomic E-state index is 14.3. The summed E-state index contributed by atoms with van der Waals surface area (Å²) in [6.07, 6.45) is 5.98. The zero-order chi connectivity index (χ0) is 37.7. The van der Waals surface area contributed by atoms with Gasteiger partial charge >= 0.3 is 0 Å². The summed E-state index contributed by atoms with van der Waals surface area (Å²) in [5.41, 5.74) is 1.67. The molecule has 4 heterocycles. The lowest BCUT2D eigenvalue weighted by molar-refractivity contribution is -0.143. The second-order valence-electron chi connectivity index (χ2n) is 15.0. The first-order valence-electron chi connectivity index (χ1n) is 18.3. The Hall–Kier alpha value is -4.08. The molecule has 2 aromatic heterocycles. The van der Waals surface area contributed by atoms with Gasteiger partial charge in [-0.25, -0.2) is 18.4 Å². The number of thiazole rings is 1. The minimum Gasteiger partial charge on any atom is -0.496 e. The van der Waals surface area contributed by atoms with Gasteiger partial charge in [-0.05, 0) is 57.1 Å². The van der Waals surface area contributed by atoms with Crippen LogP contribution in [0.4, 0.5) is 0 Å². The first-order valence-corrected chi connectivity index (χ1v) is 20.8. The number of carbonyl (C=O) groups is 3. The summed E-state index contributed by atoms with van der Waals surface area (Å²) in [6.45, 7) is 8.64. The lowest BCUT2D eigenvalue weighted by atomic mass is 10.1. The molecule has 5 atom stereocenters. The van der Waals surface area contributed by atoms with Crippen LogP contribution in [0.15, 0.2) is 35.7 Å². The van der Waals surface area contributed by atoms with Gasteiger partial charge < -0.3 is 24.4 Å². The van der Waals surface area contributed by atoms with Crippen molar-refractivity contribution in [2.75, 3.05) is 26.9 Å². The molecule has 2 N–H and O–H groups in total. The molecule has 1 aromatic carbocycles. The van der Waals surface area contributed by atoms with Crippen LogP contribution in [0.1, 0.15) is 76.5 Å². The third kappa shape index (κ3) is 7.52. The van der Waals surface area contributed by atoms with Crippen LogP contribution in [0.3, 0.4) is 0 Å². The van der Waals surface area contributed by atoms with Gasteiger partial charge in [-0.1, -0.05) is 32.9 Å². The predicted octanol–water partition coefficient (Wildman–Crippen LogP) is 4.63. The number of hydrogen-bond acceptors (Lipinski definition) is 11. The highest BCUT2D eigenvalue weighted by molar-refractivity contribution is 7.91. The first-order chi connectivity index (χ1) is 25.3. The number of rotatable bonds is 8. The minimum absolute atomic E-state index is 0.114. The van der Waals surface area contributed by atoms with Crippen LogP contribution < -0.4 is 19.5 Å². The maximum atomic E-state index is 14.3. The molecule has 0 radical (unpaired) electrons. The molecule has 2 saturated carbocycles. The van der Waals surface area contributed by atoms with E-state index in [9.17, 15) is 22.8 Å². The largest absolute Gasteiger partial charge is 0.496 e. The van der Waals surface area contributed by atoms with Crippen LogP contribution in [0.5, 0.6) is 11.5 Å². The summed E-state index contributed by atoms with van der Waals surface area (Å²) in [4.78, 5) is 53.3. The molecule has 53 heavy (non-hydrogen) atoms. The molecular formula is C38H47N5O8S2. The van der Waals surface area contributed by atoms with Gasteiger partial charge in [0.05, 0.1) is 42.6 Å². The topological polar surface area (TPSA) is 166 Å². The molecule has 15 heteroatoms. The van der Waals surface area contributed by atoms with Gasteiger partial charge in [0.25, 0.3) is 5.91 Å². The lowest BCUT2D eigenvalue weighted by Crippen LogP contribution is -2.57. The highest BCUT2D eigenvalue weighted by Crippen LogP contribution is 2.46. The van der Waals surface area contributed by atoms with Crippen LogP contribution in [-0.4, -0.2) is 90.8 Å². The standard InChI is InChI=1S/C38H47N5O8S2/c1-21(2)29-20-52-35(40-29)28-16-32(27-12-13-31(49-5)23(4)33(27)39-28)51-25-15-30-34(44)41-38(37(46)42-53(47,48)26-10-11-26)17-24(38)9-7-6-8-14-50-19-22(3)36(45)43(30)18-25/h7,9,12-13,16,20-22,24-26,30H,6,8,10-11,14-15,17-19H2,1-5H3,(H,41,44)(H,42,46). The molecule has 3 fully saturated rings. The smallest absolute Gasteiger partial charge is 0.259 e. The van der Waals surface area contributed by atoms with Crippen molar-refractivity contribution in [2.45, 2.75) is 95.1 Å². The number of hydrogen-bond donors (Lipinski definition) is 2. The molecule has 1 saturated heterocycles. The SMILES string of the molecule is COc1ccc2c(OC3CC4C(=O)NC5(C(=O)NS(=O)(=O)C6CC6)CC5C=CCCCOCC(C)C(=O)N4C3)cc(-c3nc(C(C)C)cs3)nc2c1C. The molecule has 13 nitrogen and oxygen atoms in total. The average Bonchev–Trinajstić information content (AvgIpc) is 4.00. The number of pyridine rings is 1. The van der Waals surface area contributed by atoms with E-state index in [0.717, 1.165) is 21.7 Å². The van der Waals surface area contributed by atoms with Crippen molar-refractivity contribution in [3.8, 4) is 22.2 Å². The number of carbonyl (C=O) groups excluding carboxylic acids is 3. The van der Waals surface area contributed by atoms with Crippen LogP contribution in [-0.2, 0) is 29.1 Å². The first kappa shape index (κ1) is 37.2. The molecule has 5 unspecified atom stereocenters. The van der Waals surface area contributed by atoms with Crippen molar-refractivity contribution >= 4 is 50.0 Å². The fraction of sp³-hybridized carbons (Fsp3) is 0.553. The molecule has 284 valence electrons. The number of aryl methyl sites for hydroxylation is 1. The van der Waals surface area contributed by atoms with E-state index in [2.05, 4.69) is 23.9 Å². The Bertz CT molecular complexity index is 2060. The van der Waals surface area contributed by atoms with Gasteiger partial charge in [0.15, 0.2) is 0 Å². The Morgan fingerprint density at radius 1 is 1.19 bits per heavy atom. The molecule has 4 aliphatic rings. The monoisotopic (exact) mass is 765 g/mol. The summed E-state index contributed by atoms with van der Waals surface area (Å²) >= 11 is 1.50. The zero-order valence-electron chi connectivity index (χ0n) is 30.7. The van der Waals surface area contributed by atoms with E-state index < -0.39 is 56.6 Å². The van der Waals surface area contributed by atoms with E-state index in [1.165, 1.54) is 16.2 Å². The number of nitrogens with one attached hydrogen (secondary N) is 2. The lowest BCUT2D eigenvalue weighted by Gasteiger charge is -2.28. The number of nitrogens with zero attached hydrogens (tertiary/aromatic N) is 3. The fourth-order valence-corrected chi connectivity index (χ4v) is 9.48. The summed E-state index contributed by atoms with van der Waals surface area (Å²) < 4.78 is 46.0. The van der Waals surface area contributed by atoms with Crippen LogP contribution in [0.25, 0.3) is 21.6 Å². The molecule has 2 aliphatic carbocycles. The summed E-state index contributed by atoms with van der Waals surface area (Å²) in [6, 6.07) is 4.63. The molecule has 7 rings (SSSR count). The van der Waals surface area contributed by atoms with E-state index in [1.807, 2.05) is 42.7 Å². The third-order valence-corrected chi connectivity index (χ3v) is 13.3. The van der Waals surface area contributed by atoms with Crippen LogP contribution >= 0.6 is 11.3 Å². The maximum Gasteiger partial charge on any atom is 0.259 e. The van der Waals surface area contributed by atoms with Gasteiger partial charge in [0.1, 0.15) is 39.9 Å². The van der Waals surface area contributed by atoms with Crippen molar-refractivity contribution in [1.29, 1.82) is 0 Å².